The second-order valence-corrected chi connectivity index (χ2v) is 8.31. The first kappa shape index (κ1) is 22.9. The van der Waals surface area contributed by atoms with Crippen molar-refractivity contribution in [3.05, 3.63) is 53.5 Å². The summed E-state index contributed by atoms with van der Waals surface area (Å²) in [7, 11) is -1.87. The van der Waals surface area contributed by atoms with Gasteiger partial charge in [0.2, 0.25) is 10.0 Å². The highest BCUT2D eigenvalue weighted by Crippen LogP contribution is 2.16. The van der Waals surface area contributed by atoms with Gasteiger partial charge in [0.1, 0.15) is 12.4 Å². The number of aryl methyl sites for hydroxylation is 2. The summed E-state index contributed by atoms with van der Waals surface area (Å²) < 4.78 is 38.3. The molecule has 0 aliphatic rings. The number of hydrogen-bond acceptors (Lipinski definition) is 5. The van der Waals surface area contributed by atoms with Gasteiger partial charge in [-0.2, -0.15) is 0 Å². The molecule has 0 bridgehead atoms. The average molecular weight is 423 g/mol. The monoisotopic (exact) mass is 422 g/mol. The van der Waals surface area contributed by atoms with Crippen molar-refractivity contribution >= 4 is 16.0 Å². The lowest BCUT2D eigenvalue weighted by Crippen LogP contribution is -2.42. The van der Waals surface area contributed by atoms with Gasteiger partial charge in [0.25, 0.3) is 0 Å². The normalized spacial score (nSPS) is 12.2. The maximum Gasteiger partial charge on any atom is 0.240 e. The molecule has 0 saturated carbocycles. The molecule has 3 N–H and O–H groups in total. The molecular formula is C20H30N4O4S. The molecule has 0 aliphatic heterocycles. The Morgan fingerprint density at radius 1 is 1.14 bits per heavy atom. The molecule has 160 valence electrons. The van der Waals surface area contributed by atoms with Crippen LogP contribution < -0.4 is 15.4 Å². The third-order valence-electron chi connectivity index (χ3n) is 4.15. The zero-order valence-corrected chi connectivity index (χ0v) is 18.0. The van der Waals surface area contributed by atoms with Gasteiger partial charge in [-0.25, -0.2) is 13.1 Å². The highest BCUT2D eigenvalue weighted by atomic mass is 32.2. The van der Waals surface area contributed by atoms with Crippen LogP contribution >= 0.6 is 0 Å². The van der Waals surface area contributed by atoms with Gasteiger partial charge in [0, 0.05) is 33.3 Å². The number of rotatable bonds is 11. The van der Waals surface area contributed by atoms with Gasteiger partial charge in [0.05, 0.1) is 11.2 Å². The van der Waals surface area contributed by atoms with Crippen molar-refractivity contribution in [1.29, 1.82) is 0 Å². The molecule has 2 rings (SSSR count). The molecule has 2 aromatic rings. The Morgan fingerprint density at radius 2 is 1.93 bits per heavy atom. The summed E-state index contributed by atoms with van der Waals surface area (Å²) in [5.41, 5.74) is 1.63. The van der Waals surface area contributed by atoms with Gasteiger partial charge in [0.15, 0.2) is 5.96 Å². The van der Waals surface area contributed by atoms with Crippen molar-refractivity contribution in [2.75, 3.05) is 33.3 Å². The first-order chi connectivity index (χ1) is 13.9. The first-order valence-electron chi connectivity index (χ1n) is 9.54. The molecule has 0 unspecified atom stereocenters. The van der Waals surface area contributed by atoms with Crippen LogP contribution in [-0.4, -0.2) is 47.7 Å². The molecule has 29 heavy (non-hydrogen) atoms. The third-order valence-corrected chi connectivity index (χ3v) is 5.75. The lowest BCUT2D eigenvalue weighted by Gasteiger charge is -2.13. The Bertz CT molecular complexity index is 880. The molecular weight excluding hydrogens is 392 g/mol. The Labute approximate surface area is 172 Å². The lowest BCUT2D eigenvalue weighted by atomic mass is 10.2. The number of ether oxygens (including phenoxy) is 1. The summed E-state index contributed by atoms with van der Waals surface area (Å²) in [5, 5.41) is 6.26. The van der Waals surface area contributed by atoms with Crippen LogP contribution in [0.25, 0.3) is 0 Å². The van der Waals surface area contributed by atoms with E-state index in [9.17, 15) is 8.42 Å². The van der Waals surface area contributed by atoms with Crippen LogP contribution in [0.5, 0.6) is 0 Å². The van der Waals surface area contributed by atoms with Crippen LogP contribution in [0.15, 0.2) is 50.9 Å². The topological polar surface area (TPSA) is 105 Å². The molecule has 0 spiro atoms. The molecule has 0 atom stereocenters. The predicted molar refractivity (Wildman–Crippen MR) is 113 cm³/mol. The van der Waals surface area contributed by atoms with Crippen LogP contribution in [0, 0.1) is 13.8 Å². The van der Waals surface area contributed by atoms with Gasteiger partial charge >= 0.3 is 0 Å². The van der Waals surface area contributed by atoms with Crippen molar-refractivity contribution in [2.45, 2.75) is 31.8 Å². The molecule has 0 saturated heterocycles. The van der Waals surface area contributed by atoms with Crippen LogP contribution in [0.4, 0.5) is 0 Å². The van der Waals surface area contributed by atoms with Gasteiger partial charge < -0.3 is 19.8 Å². The second kappa shape index (κ2) is 11.6. The fraction of sp³-hybridized carbons (Fsp3) is 0.450. The molecule has 0 radical (unpaired) electrons. The van der Waals surface area contributed by atoms with E-state index in [0.29, 0.717) is 37.2 Å². The minimum Gasteiger partial charge on any atom is -0.467 e. The fourth-order valence-corrected chi connectivity index (χ4v) is 3.97. The van der Waals surface area contributed by atoms with E-state index in [2.05, 4.69) is 20.3 Å². The van der Waals surface area contributed by atoms with E-state index in [1.807, 2.05) is 31.2 Å². The minimum atomic E-state index is -3.54. The zero-order chi connectivity index (χ0) is 21.1. The van der Waals surface area contributed by atoms with E-state index < -0.39 is 10.0 Å². The zero-order valence-electron chi connectivity index (χ0n) is 17.2. The minimum absolute atomic E-state index is 0.253. The highest BCUT2D eigenvalue weighted by Gasteiger charge is 2.16. The van der Waals surface area contributed by atoms with E-state index in [1.54, 1.807) is 26.3 Å². The summed E-state index contributed by atoms with van der Waals surface area (Å²) >= 11 is 0. The maximum absolute atomic E-state index is 12.5. The molecule has 0 fully saturated rings. The van der Waals surface area contributed by atoms with E-state index in [0.717, 1.165) is 23.3 Å². The number of hydrogen-bond donors (Lipinski definition) is 3. The van der Waals surface area contributed by atoms with Gasteiger partial charge in [-0.3, -0.25) is 4.99 Å². The van der Waals surface area contributed by atoms with Crippen molar-refractivity contribution in [1.82, 2.24) is 15.4 Å². The molecule has 1 aromatic carbocycles. The lowest BCUT2D eigenvalue weighted by molar-refractivity contribution is 0.105. The van der Waals surface area contributed by atoms with Gasteiger partial charge in [-0.1, -0.05) is 12.1 Å². The van der Waals surface area contributed by atoms with Crippen LogP contribution in [0.3, 0.4) is 0 Å². The van der Waals surface area contributed by atoms with E-state index in [4.69, 9.17) is 9.15 Å². The van der Waals surface area contributed by atoms with Gasteiger partial charge in [-0.05, 0) is 49.6 Å². The fourth-order valence-electron chi connectivity index (χ4n) is 2.61. The average Bonchev–Trinajstić information content (AvgIpc) is 3.21. The number of sulfonamides is 1. The predicted octanol–water partition coefficient (Wildman–Crippen LogP) is 1.95. The van der Waals surface area contributed by atoms with Gasteiger partial charge in [-0.15, -0.1) is 0 Å². The smallest absolute Gasteiger partial charge is 0.240 e. The summed E-state index contributed by atoms with van der Waals surface area (Å²) in [4.78, 5) is 4.44. The molecule has 0 aliphatic carbocycles. The summed E-state index contributed by atoms with van der Waals surface area (Å²) in [6.45, 7) is 6.07. The third kappa shape index (κ3) is 7.88. The molecule has 9 heteroatoms. The van der Waals surface area contributed by atoms with Crippen LogP contribution in [0.1, 0.15) is 23.3 Å². The summed E-state index contributed by atoms with van der Waals surface area (Å²) in [6, 6.07) is 9.09. The van der Waals surface area contributed by atoms with Crippen molar-refractivity contribution in [2.24, 2.45) is 4.99 Å². The number of furan rings is 1. The number of guanidine groups is 1. The van der Waals surface area contributed by atoms with E-state index in [-0.39, 0.29) is 6.54 Å². The molecule has 8 nitrogen and oxygen atoms in total. The number of benzene rings is 1. The van der Waals surface area contributed by atoms with Crippen LogP contribution in [-0.2, 0) is 21.4 Å². The Hall–Kier alpha value is -2.36. The summed E-state index contributed by atoms with van der Waals surface area (Å²) in [5.74, 6) is 1.42. The summed E-state index contributed by atoms with van der Waals surface area (Å²) in [6.07, 6.45) is 2.43. The molecule has 1 heterocycles. The second-order valence-electron chi connectivity index (χ2n) is 6.58. The van der Waals surface area contributed by atoms with Crippen LogP contribution in [0.2, 0.25) is 0 Å². The largest absolute Gasteiger partial charge is 0.467 e. The van der Waals surface area contributed by atoms with Crippen molar-refractivity contribution < 1.29 is 17.6 Å². The highest BCUT2D eigenvalue weighted by molar-refractivity contribution is 7.89. The van der Waals surface area contributed by atoms with E-state index >= 15 is 0 Å². The number of nitrogens with zero attached hydrogens (tertiary/aromatic N) is 1. The number of aliphatic imine (C=N–C) groups is 1. The number of nitrogens with one attached hydrogen (secondary N) is 3. The molecule has 0 amide bonds. The van der Waals surface area contributed by atoms with E-state index in [1.165, 1.54) is 0 Å². The SMILES string of the molecule is CN=C(NCCCOCc1ccco1)NCCNS(=O)(=O)c1cc(C)ccc1C. The van der Waals surface area contributed by atoms with Crippen molar-refractivity contribution in [3.63, 3.8) is 0 Å². The first-order valence-corrected chi connectivity index (χ1v) is 11.0. The standard InChI is InChI=1S/C20H30N4O4S/c1-16-7-8-17(2)19(14-16)29(25,26)24-11-10-23-20(21-3)22-9-5-12-27-15-18-6-4-13-28-18/h4,6-8,13-14,24H,5,9-12,15H2,1-3H3,(H2,21,22,23). The quantitative estimate of drug-likeness (QED) is 0.290. The van der Waals surface area contributed by atoms with Crippen molar-refractivity contribution in [3.8, 4) is 0 Å². The maximum atomic E-state index is 12.5. The Balaban J connectivity index is 1.63. The Morgan fingerprint density at radius 3 is 2.66 bits per heavy atom. The Kier molecular flexibility index (Phi) is 9.17. The molecule has 1 aromatic heterocycles.